The van der Waals surface area contributed by atoms with E-state index in [4.69, 9.17) is 0 Å². The molecule has 0 saturated carbocycles. The third-order valence-corrected chi connectivity index (χ3v) is 5.97. The van der Waals surface area contributed by atoms with Gasteiger partial charge in [0.25, 0.3) is 0 Å². The Morgan fingerprint density at radius 3 is 2.56 bits per heavy atom. The van der Waals surface area contributed by atoms with Crippen molar-refractivity contribution < 1.29 is 14.3 Å². The van der Waals surface area contributed by atoms with E-state index in [1.165, 1.54) is 33.7 Å². The van der Waals surface area contributed by atoms with E-state index in [9.17, 15) is 14.3 Å². The van der Waals surface area contributed by atoms with Crippen LogP contribution in [0.3, 0.4) is 0 Å². The number of aliphatic hydroxyl groups excluding tert-OH is 1. The smallest absolute Gasteiger partial charge is 0.329 e. The summed E-state index contributed by atoms with van der Waals surface area (Å²) in [5.41, 5.74) is 2.44. The van der Waals surface area contributed by atoms with Crippen molar-refractivity contribution in [1.29, 1.82) is 0 Å². The zero-order valence-electron chi connectivity index (χ0n) is 14.8. The fourth-order valence-corrected chi connectivity index (χ4v) is 4.55. The Bertz CT molecular complexity index is 859. The second-order valence-corrected chi connectivity index (χ2v) is 7.52. The first-order valence-electron chi connectivity index (χ1n) is 8.71. The van der Waals surface area contributed by atoms with Gasteiger partial charge in [0.05, 0.1) is 6.54 Å². The van der Waals surface area contributed by atoms with Crippen LogP contribution in [0.5, 0.6) is 0 Å². The van der Waals surface area contributed by atoms with E-state index in [0.717, 1.165) is 11.3 Å². The third-order valence-electron chi connectivity index (χ3n) is 4.77. The standard InChI is InChI=1S/C20H20FN3O2S/c1-14-13-27-20(22(14)11-15-5-3-2-4-6-15)24-18(25)12-23(19(24)26)17-9-7-16(21)8-10-17/h2-10,13,18,20,25H,11-12H2,1H3. The maximum absolute atomic E-state index is 13.2. The highest BCUT2D eigenvalue weighted by Crippen LogP contribution is 2.38. The summed E-state index contributed by atoms with van der Waals surface area (Å²) in [5, 5.41) is 12.6. The van der Waals surface area contributed by atoms with Crippen LogP contribution in [0, 0.1) is 5.82 Å². The van der Waals surface area contributed by atoms with E-state index in [1.54, 1.807) is 12.1 Å². The summed E-state index contributed by atoms with van der Waals surface area (Å²) in [7, 11) is 0. The Kier molecular flexibility index (Phi) is 4.80. The number of carbonyl (C=O) groups excluding carboxylic acids is 1. The van der Waals surface area contributed by atoms with Crippen molar-refractivity contribution >= 4 is 23.5 Å². The number of carbonyl (C=O) groups is 1. The van der Waals surface area contributed by atoms with Gasteiger partial charge in [-0.15, -0.1) is 0 Å². The predicted octanol–water partition coefficient (Wildman–Crippen LogP) is 3.78. The van der Waals surface area contributed by atoms with E-state index < -0.39 is 6.23 Å². The van der Waals surface area contributed by atoms with Crippen LogP contribution >= 0.6 is 11.8 Å². The first-order valence-corrected chi connectivity index (χ1v) is 9.65. The molecule has 1 fully saturated rings. The van der Waals surface area contributed by atoms with Gasteiger partial charge in [0, 0.05) is 17.9 Å². The van der Waals surface area contributed by atoms with Crippen molar-refractivity contribution in [2.45, 2.75) is 25.2 Å². The molecule has 2 aromatic carbocycles. The van der Waals surface area contributed by atoms with Gasteiger partial charge in [-0.2, -0.15) is 0 Å². The Hall–Kier alpha value is -2.51. The zero-order valence-corrected chi connectivity index (χ0v) is 15.6. The van der Waals surface area contributed by atoms with Crippen LogP contribution < -0.4 is 4.90 Å². The fourth-order valence-electron chi connectivity index (χ4n) is 3.35. The number of anilines is 1. The van der Waals surface area contributed by atoms with Gasteiger partial charge in [0.15, 0.2) is 11.7 Å². The third kappa shape index (κ3) is 3.40. The first-order chi connectivity index (χ1) is 13.0. The quantitative estimate of drug-likeness (QED) is 0.870. The minimum absolute atomic E-state index is 0.153. The number of benzene rings is 2. The molecule has 140 valence electrons. The molecule has 2 aromatic rings. The van der Waals surface area contributed by atoms with E-state index >= 15 is 0 Å². The summed E-state index contributed by atoms with van der Waals surface area (Å²) >= 11 is 1.50. The number of hydrogen-bond acceptors (Lipinski definition) is 4. The number of nitrogens with zero attached hydrogens (tertiary/aromatic N) is 3. The van der Waals surface area contributed by atoms with Crippen LogP contribution in [0.15, 0.2) is 65.7 Å². The molecule has 0 aliphatic carbocycles. The molecule has 27 heavy (non-hydrogen) atoms. The second-order valence-electron chi connectivity index (χ2n) is 6.59. The lowest BCUT2D eigenvalue weighted by Crippen LogP contribution is -2.48. The van der Waals surface area contributed by atoms with E-state index in [-0.39, 0.29) is 23.9 Å². The number of rotatable bonds is 4. The number of thioether (sulfide) groups is 1. The van der Waals surface area contributed by atoms with Crippen LogP contribution in [0.4, 0.5) is 14.9 Å². The van der Waals surface area contributed by atoms with Crippen LogP contribution in [-0.2, 0) is 6.54 Å². The van der Waals surface area contributed by atoms with Gasteiger partial charge < -0.3 is 10.0 Å². The molecule has 5 nitrogen and oxygen atoms in total. The lowest BCUT2D eigenvalue weighted by molar-refractivity contribution is 0.0235. The minimum atomic E-state index is -0.933. The van der Waals surface area contributed by atoms with E-state index in [1.807, 2.05) is 42.7 Å². The monoisotopic (exact) mass is 385 g/mol. The molecule has 2 aliphatic rings. The molecule has 2 amide bonds. The molecule has 2 atom stereocenters. The summed E-state index contributed by atoms with van der Waals surface area (Å²) in [6.07, 6.45) is -0.933. The van der Waals surface area contributed by atoms with E-state index in [2.05, 4.69) is 4.90 Å². The average molecular weight is 385 g/mol. The maximum atomic E-state index is 13.2. The molecule has 0 spiro atoms. The molecule has 0 aromatic heterocycles. The van der Waals surface area contributed by atoms with Crippen LogP contribution in [0.25, 0.3) is 0 Å². The van der Waals surface area contributed by atoms with Crippen LogP contribution in [0.1, 0.15) is 12.5 Å². The summed E-state index contributed by atoms with van der Waals surface area (Å²) < 4.78 is 13.2. The molecule has 0 bridgehead atoms. The predicted molar refractivity (Wildman–Crippen MR) is 104 cm³/mol. The normalized spacial score (nSPS) is 22.6. The van der Waals surface area contributed by atoms with E-state index in [0.29, 0.717) is 12.2 Å². The molecule has 2 heterocycles. The molecule has 2 unspecified atom stereocenters. The van der Waals surface area contributed by atoms with Crippen molar-refractivity contribution in [1.82, 2.24) is 9.80 Å². The van der Waals surface area contributed by atoms with Crippen molar-refractivity contribution in [3.05, 3.63) is 77.1 Å². The van der Waals surface area contributed by atoms with Gasteiger partial charge in [0.2, 0.25) is 0 Å². The summed E-state index contributed by atoms with van der Waals surface area (Å²) in [4.78, 5) is 18.1. The topological polar surface area (TPSA) is 47.0 Å². The van der Waals surface area contributed by atoms with Crippen LogP contribution in [0.2, 0.25) is 0 Å². The Balaban J connectivity index is 1.56. The Morgan fingerprint density at radius 1 is 1.15 bits per heavy atom. The number of aliphatic hydroxyl groups is 1. The fraction of sp³-hybridized carbons (Fsp3) is 0.250. The lowest BCUT2D eigenvalue weighted by atomic mass is 10.2. The molecule has 7 heteroatoms. The Morgan fingerprint density at radius 2 is 1.85 bits per heavy atom. The van der Waals surface area contributed by atoms with Gasteiger partial charge in [-0.05, 0) is 42.2 Å². The number of urea groups is 1. The number of allylic oxidation sites excluding steroid dienone is 1. The SMILES string of the molecule is CC1=CSC(N2C(=O)N(c3ccc(F)cc3)CC2O)N1Cc1ccccc1. The molecule has 1 N–H and O–H groups in total. The maximum Gasteiger partial charge on any atom is 0.329 e. The molecular weight excluding hydrogens is 365 g/mol. The number of halogens is 1. The molecule has 0 radical (unpaired) electrons. The minimum Gasteiger partial charge on any atom is -0.371 e. The summed E-state index contributed by atoms with van der Waals surface area (Å²) in [6.45, 7) is 2.80. The highest BCUT2D eigenvalue weighted by molar-refractivity contribution is 8.02. The second kappa shape index (κ2) is 7.25. The van der Waals surface area contributed by atoms with Crippen molar-refractivity contribution in [3.8, 4) is 0 Å². The highest BCUT2D eigenvalue weighted by Gasteiger charge is 2.44. The lowest BCUT2D eigenvalue weighted by Gasteiger charge is -2.35. The van der Waals surface area contributed by atoms with Crippen molar-refractivity contribution in [3.63, 3.8) is 0 Å². The van der Waals surface area contributed by atoms with Gasteiger partial charge in [0.1, 0.15) is 5.82 Å². The number of hydrogen-bond donors (Lipinski definition) is 1. The van der Waals surface area contributed by atoms with Gasteiger partial charge in [-0.1, -0.05) is 42.1 Å². The first kappa shape index (κ1) is 17.9. The largest absolute Gasteiger partial charge is 0.371 e. The summed E-state index contributed by atoms with van der Waals surface area (Å²) in [6, 6.07) is 15.5. The van der Waals surface area contributed by atoms with Crippen LogP contribution in [-0.4, -0.2) is 39.2 Å². The Labute approximate surface area is 161 Å². The average Bonchev–Trinajstić information content (AvgIpc) is 3.16. The van der Waals surface area contributed by atoms with Gasteiger partial charge in [-0.25, -0.2) is 9.18 Å². The number of amides is 2. The zero-order chi connectivity index (χ0) is 19.0. The summed E-state index contributed by atoms with van der Waals surface area (Å²) in [5.74, 6) is -0.358. The van der Waals surface area contributed by atoms with Gasteiger partial charge >= 0.3 is 6.03 Å². The molecule has 4 rings (SSSR count). The molecule has 2 aliphatic heterocycles. The van der Waals surface area contributed by atoms with Gasteiger partial charge in [-0.3, -0.25) is 9.80 Å². The highest BCUT2D eigenvalue weighted by atomic mass is 32.2. The van der Waals surface area contributed by atoms with Crippen molar-refractivity contribution in [2.75, 3.05) is 11.4 Å². The molecular formula is C20H20FN3O2S. The molecule has 1 saturated heterocycles. The number of β-amino-alcohol motifs (C(OH)–C–C–N with tert-alkyl or cyclic N) is 1. The van der Waals surface area contributed by atoms with Crippen molar-refractivity contribution in [2.24, 2.45) is 0 Å².